The van der Waals surface area contributed by atoms with E-state index in [1.54, 1.807) is 0 Å². The average Bonchev–Trinajstić information content (AvgIpc) is 1.79. The molecule has 0 aliphatic heterocycles. The molecular weight excluding hydrogens is 124 g/mol. The number of rotatable bonds is 4. The Kier molecular flexibility index (Phi) is 2.91. The van der Waals surface area contributed by atoms with Crippen LogP contribution in [0.4, 0.5) is 0 Å². The third-order valence-corrected chi connectivity index (χ3v) is 2.23. The molecule has 0 aromatic rings. The molecular formula is C9H15O. The van der Waals surface area contributed by atoms with Gasteiger partial charge in [0.05, 0.1) is 0 Å². The van der Waals surface area contributed by atoms with Crippen molar-refractivity contribution in [2.75, 3.05) is 0 Å². The molecule has 0 unspecified atom stereocenters. The minimum Gasteiger partial charge on any atom is -0.299 e. The fourth-order valence-corrected chi connectivity index (χ4v) is 1.23. The summed E-state index contributed by atoms with van der Waals surface area (Å²) in [7, 11) is 0. The van der Waals surface area contributed by atoms with Gasteiger partial charge < -0.3 is 0 Å². The summed E-state index contributed by atoms with van der Waals surface area (Å²) >= 11 is 0. The van der Waals surface area contributed by atoms with Crippen LogP contribution in [-0.2, 0) is 4.79 Å². The Balaban J connectivity index is 2.08. The van der Waals surface area contributed by atoms with Gasteiger partial charge in [-0.15, -0.1) is 0 Å². The molecule has 0 bridgehead atoms. The predicted octanol–water partition coefficient (Wildman–Crippen LogP) is 2.36. The van der Waals surface area contributed by atoms with Gasteiger partial charge >= 0.3 is 0 Å². The van der Waals surface area contributed by atoms with Crippen LogP contribution in [-0.4, -0.2) is 5.78 Å². The standard InChI is InChI=1S/C9H15O/c1-2-3-7-9(10)8-5-4-6-8/h8H,1-7H2. The Morgan fingerprint density at radius 3 is 2.60 bits per heavy atom. The number of ketones is 1. The lowest BCUT2D eigenvalue weighted by atomic mass is 9.81. The van der Waals surface area contributed by atoms with E-state index in [0.29, 0.717) is 11.7 Å². The van der Waals surface area contributed by atoms with Crippen LogP contribution in [0.5, 0.6) is 0 Å². The highest BCUT2D eigenvalue weighted by molar-refractivity contribution is 5.81. The Labute approximate surface area is 62.8 Å². The van der Waals surface area contributed by atoms with E-state index in [4.69, 9.17) is 0 Å². The quantitative estimate of drug-likeness (QED) is 0.584. The molecule has 10 heavy (non-hydrogen) atoms. The van der Waals surface area contributed by atoms with Crippen molar-refractivity contribution in [1.82, 2.24) is 0 Å². The Morgan fingerprint density at radius 1 is 1.50 bits per heavy atom. The van der Waals surface area contributed by atoms with Gasteiger partial charge in [0, 0.05) is 12.3 Å². The van der Waals surface area contributed by atoms with Crippen molar-refractivity contribution in [2.45, 2.75) is 38.5 Å². The molecule has 1 heteroatoms. The fraction of sp³-hybridized carbons (Fsp3) is 0.778. The van der Waals surface area contributed by atoms with Gasteiger partial charge in [-0.3, -0.25) is 4.79 Å². The van der Waals surface area contributed by atoms with Crippen LogP contribution in [0.3, 0.4) is 0 Å². The number of Topliss-reactive ketones (excluding diaryl/α,β-unsaturated/α-hetero) is 1. The molecule has 1 saturated carbocycles. The maximum absolute atomic E-state index is 11.2. The van der Waals surface area contributed by atoms with Crippen molar-refractivity contribution in [3.8, 4) is 0 Å². The summed E-state index contributed by atoms with van der Waals surface area (Å²) in [4.78, 5) is 11.2. The monoisotopic (exact) mass is 139 g/mol. The Bertz CT molecular complexity index is 114. The molecule has 0 spiro atoms. The second-order valence-electron chi connectivity index (χ2n) is 3.05. The molecule has 1 nitrogen and oxygen atoms in total. The topological polar surface area (TPSA) is 17.1 Å². The second-order valence-corrected chi connectivity index (χ2v) is 3.05. The van der Waals surface area contributed by atoms with Crippen LogP contribution in [0.15, 0.2) is 0 Å². The van der Waals surface area contributed by atoms with Crippen molar-refractivity contribution in [3.05, 3.63) is 6.92 Å². The smallest absolute Gasteiger partial charge is 0.135 e. The van der Waals surface area contributed by atoms with Crippen LogP contribution in [0.1, 0.15) is 38.5 Å². The number of carbonyl (C=O) groups is 1. The first-order chi connectivity index (χ1) is 4.84. The summed E-state index contributed by atoms with van der Waals surface area (Å²) < 4.78 is 0. The van der Waals surface area contributed by atoms with Gasteiger partial charge in [-0.1, -0.05) is 19.8 Å². The van der Waals surface area contributed by atoms with Gasteiger partial charge in [0.2, 0.25) is 0 Å². The minimum atomic E-state index is 0.437. The first-order valence-electron chi connectivity index (χ1n) is 4.16. The van der Waals surface area contributed by atoms with E-state index in [1.807, 2.05) is 0 Å². The molecule has 1 aliphatic carbocycles. The van der Waals surface area contributed by atoms with E-state index in [1.165, 1.54) is 6.42 Å². The number of hydrogen-bond donors (Lipinski definition) is 0. The highest BCUT2D eigenvalue weighted by Crippen LogP contribution is 2.28. The van der Waals surface area contributed by atoms with Gasteiger partial charge in [-0.2, -0.15) is 0 Å². The number of hydrogen-bond acceptors (Lipinski definition) is 1. The summed E-state index contributed by atoms with van der Waals surface area (Å²) in [6.07, 6.45) is 6.22. The first-order valence-corrected chi connectivity index (χ1v) is 4.16. The van der Waals surface area contributed by atoms with E-state index in [9.17, 15) is 4.79 Å². The number of carbonyl (C=O) groups excluding carboxylic acids is 1. The molecule has 0 aromatic carbocycles. The fourth-order valence-electron chi connectivity index (χ4n) is 1.23. The molecule has 1 aliphatic rings. The molecule has 57 valence electrons. The summed E-state index contributed by atoms with van der Waals surface area (Å²) in [6.45, 7) is 3.71. The molecule has 0 saturated heterocycles. The summed E-state index contributed by atoms with van der Waals surface area (Å²) in [5, 5.41) is 0. The third-order valence-electron chi connectivity index (χ3n) is 2.23. The summed E-state index contributed by atoms with van der Waals surface area (Å²) in [6, 6.07) is 0. The molecule has 0 atom stereocenters. The third kappa shape index (κ3) is 1.83. The van der Waals surface area contributed by atoms with Crippen LogP contribution in [0, 0.1) is 12.8 Å². The van der Waals surface area contributed by atoms with Gasteiger partial charge in [0.25, 0.3) is 0 Å². The van der Waals surface area contributed by atoms with E-state index in [2.05, 4.69) is 6.92 Å². The van der Waals surface area contributed by atoms with Crippen LogP contribution >= 0.6 is 0 Å². The first kappa shape index (κ1) is 7.77. The molecule has 1 fully saturated rings. The zero-order valence-electron chi connectivity index (χ0n) is 6.44. The van der Waals surface area contributed by atoms with E-state index in [-0.39, 0.29) is 0 Å². The lowest BCUT2D eigenvalue weighted by Crippen LogP contribution is -2.21. The SMILES string of the molecule is [CH2]CCCC(=O)C1CCC1. The second kappa shape index (κ2) is 3.75. The molecule has 0 aromatic heterocycles. The highest BCUT2D eigenvalue weighted by Gasteiger charge is 2.23. The molecule has 0 heterocycles. The van der Waals surface area contributed by atoms with Crippen molar-refractivity contribution in [1.29, 1.82) is 0 Å². The van der Waals surface area contributed by atoms with E-state index >= 15 is 0 Å². The van der Waals surface area contributed by atoms with Gasteiger partial charge in [-0.05, 0) is 19.3 Å². The maximum Gasteiger partial charge on any atom is 0.135 e. The zero-order chi connectivity index (χ0) is 7.40. The number of unbranched alkanes of at least 4 members (excludes halogenated alkanes) is 1. The van der Waals surface area contributed by atoms with Gasteiger partial charge in [0.1, 0.15) is 5.78 Å². The van der Waals surface area contributed by atoms with E-state index in [0.717, 1.165) is 32.1 Å². The zero-order valence-corrected chi connectivity index (χ0v) is 6.44. The van der Waals surface area contributed by atoms with Crippen molar-refractivity contribution in [3.63, 3.8) is 0 Å². The maximum atomic E-state index is 11.2. The average molecular weight is 139 g/mol. The lowest BCUT2D eigenvalue weighted by molar-refractivity contribution is -0.125. The van der Waals surface area contributed by atoms with E-state index < -0.39 is 0 Å². The Morgan fingerprint density at radius 2 is 2.20 bits per heavy atom. The normalized spacial score (nSPS) is 18.5. The van der Waals surface area contributed by atoms with Crippen LogP contribution < -0.4 is 0 Å². The molecule has 0 amide bonds. The van der Waals surface area contributed by atoms with Crippen molar-refractivity contribution >= 4 is 5.78 Å². The lowest BCUT2D eigenvalue weighted by Gasteiger charge is -2.23. The Hall–Kier alpha value is -0.330. The molecule has 1 rings (SSSR count). The van der Waals surface area contributed by atoms with Crippen molar-refractivity contribution in [2.24, 2.45) is 5.92 Å². The van der Waals surface area contributed by atoms with Gasteiger partial charge in [0.15, 0.2) is 0 Å². The largest absolute Gasteiger partial charge is 0.299 e. The van der Waals surface area contributed by atoms with Crippen LogP contribution in [0.2, 0.25) is 0 Å². The summed E-state index contributed by atoms with van der Waals surface area (Å²) in [5.41, 5.74) is 0. The van der Waals surface area contributed by atoms with Crippen LogP contribution in [0.25, 0.3) is 0 Å². The predicted molar refractivity (Wildman–Crippen MR) is 41.6 cm³/mol. The highest BCUT2D eigenvalue weighted by atomic mass is 16.1. The molecule has 0 N–H and O–H groups in total. The summed E-state index contributed by atoms with van der Waals surface area (Å²) in [5.74, 6) is 0.918. The molecule has 1 radical (unpaired) electrons. The van der Waals surface area contributed by atoms with Crippen molar-refractivity contribution < 1.29 is 4.79 Å². The minimum absolute atomic E-state index is 0.437. The van der Waals surface area contributed by atoms with Gasteiger partial charge in [-0.25, -0.2) is 0 Å².